The highest BCUT2D eigenvalue weighted by Crippen LogP contribution is 2.09. The first-order valence-electron chi connectivity index (χ1n) is 6.01. The van der Waals surface area contributed by atoms with Crippen molar-refractivity contribution in [1.82, 2.24) is 15.6 Å². The van der Waals surface area contributed by atoms with E-state index in [1.807, 2.05) is 6.92 Å². The van der Waals surface area contributed by atoms with Gasteiger partial charge in [-0.15, -0.1) is 0 Å². The molecule has 0 aliphatic carbocycles. The molecule has 1 rings (SSSR count). The van der Waals surface area contributed by atoms with Gasteiger partial charge in [0.1, 0.15) is 11.9 Å². The van der Waals surface area contributed by atoms with E-state index in [0.29, 0.717) is 23.6 Å². The maximum absolute atomic E-state index is 12.0. The van der Waals surface area contributed by atoms with E-state index in [1.165, 1.54) is 6.07 Å². The number of carbonyl (C=O) groups is 2. The van der Waals surface area contributed by atoms with E-state index >= 15 is 0 Å². The third-order valence-electron chi connectivity index (χ3n) is 2.46. The second kappa shape index (κ2) is 6.69. The van der Waals surface area contributed by atoms with Gasteiger partial charge in [0.25, 0.3) is 5.91 Å². The van der Waals surface area contributed by atoms with Crippen LogP contribution in [0.25, 0.3) is 0 Å². The summed E-state index contributed by atoms with van der Waals surface area (Å²) in [4.78, 5) is 27.6. The Morgan fingerprint density at radius 3 is 2.68 bits per heavy atom. The van der Waals surface area contributed by atoms with E-state index in [0.717, 1.165) is 0 Å². The van der Waals surface area contributed by atoms with E-state index < -0.39 is 6.04 Å². The Balaban J connectivity index is 2.78. The SMILES string of the molecule is CCNC(=O)C(C)NC(=O)c1cc(C)nc(NN)c1. The van der Waals surface area contributed by atoms with Gasteiger partial charge in [-0.05, 0) is 32.9 Å². The molecular weight excluding hydrogens is 246 g/mol. The zero-order chi connectivity index (χ0) is 14.4. The molecule has 104 valence electrons. The van der Waals surface area contributed by atoms with Crippen molar-refractivity contribution in [2.24, 2.45) is 5.84 Å². The van der Waals surface area contributed by atoms with Crippen molar-refractivity contribution in [2.75, 3.05) is 12.0 Å². The topological polar surface area (TPSA) is 109 Å². The van der Waals surface area contributed by atoms with Crippen LogP contribution in [0.5, 0.6) is 0 Å². The number of nitrogens with zero attached hydrogens (tertiary/aromatic N) is 1. The first-order chi connectivity index (χ1) is 8.97. The molecule has 0 saturated heterocycles. The average Bonchev–Trinajstić information content (AvgIpc) is 2.38. The molecule has 0 radical (unpaired) electrons. The Bertz CT molecular complexity index is 475. The zero-order valence-electron chi connectivity index (χ0n) is 11.3. The van der Waals surface area contributed by atoms with Crippen LogP contribution in [0, 0.1) is 6.92 Å². The Hall–Kier alpha value is -2.15. The Kier molecular flexibility index (Phi) is 5.25. The first-order valence-corrected chi connectivity index (χ1v) is 6.01. The van der Waals surface area contributed by atoms with E-state index in [1.54, 1.807) is 19.9 Å². The molecule has 7 nitrogen and oxygen atoms in total. The van der Waals surface area contributed by atoms with Crippen LogP contribution in [0.1, 0.15) is 29.9 Å². The molecule has 0 aliphatic rings. The molecule has 0 aromatic carbocycles. The molecule has 2 amide bonds. The summed E-state index contributed by atoms with van der Waals surface area (Å²) in [7, 11) is 0. The monoisotopic (exact) mass is 265 g/mol. The first kappa shape index (κ1) is 14.9. The van der Waals surface area contributed by atoms with Crippen molar-refractivity contribution in [3.05, 3.63) is 23.4 Å². The molecule has 7 heteroatoms. The van der Waals surface area contributed by atoms with Crippen molar-refractivity contribution in [3.8, 4) is 0 Å². The molecular formula is C12H19N5O2. The van der Waals surface area contributed by atoms with Gasteiger partial charge >= 0.3 is 0 Å². The van der Waals surface area contributed by atoms with Crippen molar-refractivity contribution in [1.29, 1.82) is 0 Å². The molecule has 0 fully saturated rings. The number of carbonyl (C=O) groups excluding carboxylic acids is 2. The maximum Gasteiger partial charge on any atom is 0.252 e. The molecule has 1 aromatic rings. The van der Waals surface area contributed by atoms with Crippen molar-refractivity contribution in [3.63, 3.8) is 0 Å². The molecule has 1 atom stereocenters. The minimum Gasteiger partial charge on any atom is -0.355 e. The molecule has 1 heterocycles. The van der Waals surface area contributed by atoms with Crippen LogP contribution in [0.3, 0.4) is 0 Å². The molecule has 0 aliphatic heterocycles. The van der Waals surface area contributed by atoms with E-state index in [2.05, 4.69) is 21.0 Å². The lowest BCUT2D eigenvalue weighted by Crippen LogP contribution is -2.44. The van der Waals surface area contributed by atoms with Crippen LogP contribution >= 0.6 is 0 Å². The number of likely N-dealkylation sites (N-methyl/N-ethyl adjacent to an activating group) is 1. The normalized spacial score (nSPS) is 11.6. The second-order valence-corrected chi connectivity index (χ2v) is 4.12. The van der Waals surface area contributed by atoms with Gasteiger partial charge in [0, 0.05) is 17.8 Å². The van der Waals surface area contributed by atoms with Gasteiger partial charge in [-0.2, -0.15) is 0 Å². The summed E-state index contributed by atoms with van der Waals surface area (Å²) in [6.07, 6.45) is 0. The third kappa shape index (κ3) is 4.22. The van der Waals surface area contributed by atoms with Gasteiger partial charge in [-0.25, -0.2) is 10.8 Å². The predicted octanol–water partition coefficient (Wildman–Crippen LogP) is -0.0700. The second-order valence-electron chi connectivity index (χ2n) is 4.12. The molecule has 0 saturated carbocycles. The number of aryl methyl sites for hydroxylation is 1. The fourth-order valence-electron chi connectivity index (χ4n) is 1.55. The maximum atomic E-state index is 12.0. The summed E-state index contributed by atoms with van der Waals surface area (Å²) < 4.78 is 0. The van der Waals surface area contributed by atoms with E-state index in [4.69, 9.17) is 5.84 Å². The highest BCUT2D eigenvalue weighted by atomic mass is 16.2. The van der Waals surface area contributed by atoms with E-state index in [-0.39, 0.29) is 11.8 Å². The summed E-state index contributed by atoms with van der Waals surface area (Å²) in [5, 5.41) is 5.25. The number of amides is 2. The molecule has 0 bridgehead atoms. The van der Waals surface area contributed by atoms with Gasteiger partial charge in [-0.1, -0.05) is 0 Å². The summed E-state index contributed by atoms with van der Waals surface area (Å²) in [5.41, 5.74) is 3.45. The van der Waals surface area contributed by atoms with Gasteiger partial charge < -0.3 is 16.1 Å². The molecule has 0 spiro atoms. The zero-order valence-corrected chi connectivity index (χ0v) is 11.3. The van der Waals surface area contributed by atoms with Crippen molar-refractivity contribution in [2.45, 2.75) is 26.8 Å². The Morgan fingerprint density at radius 1 is 1.42 bits per heavy atom. The number of hydrogen-bond acceptors (Lipinski definition) is 5. The van der Waals surface area contributed by atoms with Crippen molar-refractivity contribution >= 4 is 17.6 Å². The Morgan fingerprint density at radius 2 is 2.11 bits per heavy atom. The summed E-state index contributed by atoms with van der Waals surface area (Å²) in [5.74, 6) is 5.10. The highest BCUT2D eigenvalue weighted by Gasteiger charge is 2.16. The number of rotatable bonds is 5. The number of nitrogen functional groups attached to an aromatic ring is 1. The van der Waals surface area contributed by atoms with Crippen molar-refractivity contribution < 1.29 is 9.59 Å². The summed E-state index contributed by atoms with van der Waals surface area (Å²) in [6.45, 7) is 5.72. The fourth-order valence-corrected chi connectivity index (χ4v) is 1.55. The number of nitrogens with one attached hydrogen (secondary N) is 3. The van der Waals surface area contributed by atoms with Crippen LogP contribution in [0.15, 0.2) is 12.1 Å². The van der Waals surface area contributed by atoms with Crippen LogP contribution < -0.4 is 21.9 Å². The largest absolute Gasteiger partial charge is 0.355 e. The van der Waals surface area contributed by atoms with Crippen LogP contribution in [-0.2, 0) is 4.79 Å². The number of pyridine rings is 1. The number of aromatic nitrogens is 1. The highest BCUT2D eigenvalue weighted by molar-refractivity contribution is 5.98. The van der Waals surface area contributed by atoms with Gasteiger partial charge in [0.15, 0.2) is 0 Å². The number of nitrogens with two attached hydrogens (primary N) is 1. The van der Waals surface area contributed by atoms with Crippen LogP contribution in [-0.4, -0.2) is 29.4 Å². The molecule has 19 heavy (non-hydrogen) atoms. The van der Waals surface area contributed by atoms with Gasteiger partial charge in [0.05, 0.1) is 0 Å². The fraction of sp³-hybridized carbons (Fsp3) is 0.417. The predicted molar refractivity (Wildman–Crippen MR) is 72.4 cm³/mol. The van der Waals surface area contributed by atoms with Crippen LogP contribution in [0.4, 0.5) is 5.82 Å². The molecule has 1 unspecified atom stereocenters. The quantitative estimate of drug-likeness (QED) is 0.440. The number of hydrogen-bond donors (Lipinski definition) is 4. The Labute approximate surface area is 111 Å². The summed E-state index contributed by atoms with van der Waals surface area (Å²) in [6, 6.07) is 2.54. The average molecular weight is 265 g/mol. The number of anilines is 1. The van der Waals surface area contributed by atoms with Gasteiger partial charge in [-0.3, -0.25) is 9.59 Å². The summed E-state index contributed by atoms with van der Waals surface area (Å²) >= 11 is 0. The van der Waals surface area contributed by atoms with Crippen LogP contribution in [0.2, 0.25) is 0 Å². The van der Waals surface area contributed by atoms with Gasteiger partial charge in [0.2, 0.25) is 5.91 Å². The molecule has 5 N–H and O–H groups in total. The lowest BCUT2D eigenvalue weighted by molar-refractivity contribution is -0.122. The smallest absolute Gasteiger partial charge is 0.252 e. The third-order valence-corrected chi connectivity index (χ3v) is 2.46. The molecule has 1 aromatic heterocycles. The number of hydrazine groups is 1. The van der Waals surface area contributed by atoms with E-state index in [9.17, 15) is 9.59 Å². The lowest BCUT2D eigenvalue weighted by atomic mass is 10.2. The standard InChI is InChI=1S/C12H19N5O2/c1-4-14-11(18)8(3)16-12(19)9-5-7(2)15-10(6-9)17-13/h5-6,8H,4,13H2,1-3H3,(H,14,18)(H,15,17)(H,16,19). The minimum atomic E-state index is -0.602. The minimum absolute atomic E-state index is 0.223. The lowest BCUT2D eigenvalue weighted by Gasteiger charge is -2.14.